The summed E-state index contributed by atoms with van der Waals surface area (Å²) in [5.41, 5.74) is 7.37. The van der Waals surface area contributed by atoms with E-state index < -0.39 is 0 Å². The second-order valence-electron chi connectivity index (χ2n) is 11.4. The van der Waals surface area contributed by atoms with Gasteiger partial charge in [-0.1, -0.05) is 48.5 Å². The normalized spacial score (nSPS) is 11.4. The molecule has 5 aromatic carbocycles. The molecule has 1 heterocycles. The topological polar surface area (TPSA) is 100 Å². The summed E-state index contributed by atoms with van der Waals surface area (Å²) in [6.07, 6.45) is 0. The van der Waals surface area contributed by atoms with E-state index in [1.807, 2.05) is 115 Å². The number of nitrogens with zero attached hydrogens (tertiary/aromatic N) is 3. The molecule has 0 unspecified atom stereocenters. The number of ether oxygens (including phenoxy) is 5. The molecule has 0 saturated carbocycles. The summed E-state index contributed by atoms with van der Waals surface area (Å²) in [5, 5.41) is 7.67. The van der Waals surface area contributed by atoms with Crippen molar-refractivity contribution in [2.45, 2.75) is 0 Å². The summed E-state index contributed by atoms with van der Waals surface area (Å²) in [6, 6.07) is 39.0. The highest BCUT2D eigenvalue weighted by molar-refractivity contribution is 5.91. The van der Waals surface area contributed by atoms with Gasteiger partial charge >= 0.3 is 0 Å². The smallest absolute Gasteiger partial charge is 0.172 e. The molecule has 10 heteroatoms. The average molecular weight is 680 g/mol. The van der Waals surface area contributed by atoms with Crippen LogP contribution in [-0.2, 0) is 0 Å². The van der Waals surface area contributed by atoms with Crippen LogP contribution in [0.4, 0.5) is 28.4 Å². The van der Waals surface area contributed by atoms with E-state index in [0.29, 0.717) is 45.4 Å². The Balaban J connectivity index is 1.58. The van der Waals surface area contributed by atoms with Crippen molar-refractivity contribution in [1.29, 1.82) is 0 Å². The lowest BCUT2D eigenvalue weighted by molar-refractivity contribution is 0.412. The van der Waals surface area contributed by atoms with Crippen LogP contribution in [0.3, 0.4) is 0 Å². The Labute approximate surface area is 295 Å². The van der Waals surface area contributed by atoms with Crippen LogP contribution in [0, 0.1) is 0 Å². The third kappa shape index (κ3) is 6.30. The molecular weight excluding hydrogens is 642 g/mol. The van der Waals surface area contributed by atoms with Crippen LogP contribution in [0.1, 0.15) is 0 Å². The lowest BCUT2D eigenvalue weighted by Gasteiger charge is -2.24. The molecule has 0 atom stereocenters. The van der Waals surface area contributed by atoms with Crippen LogP contribution >= 0.6 is 0 Å². The van der Waals surface area contributed by atoms with E-state index in [-0.39, 0.29) is 0 Å². The molecule has 0 saturated heterocycles. The first-order valence-electron chi connectivity index (χ1n) is 16.3. The van der Waals surface area contributed by atoms with Crippen LogP contribution < -0.4 is 39.7 Å². The highest BCUT2D eigenvalue weighted by atomic mass is 16.5. The van der Waals surface area contributed by atoms with Gasteiger partial charge in [-0.2, -0.15) is 0 Å². The minimum atomic E-state index is 0.494. The molecule has 51 heavy (non-hydrogen) atoms. The molecule has 5 aromatic rings. The van der Waals surface area contributed by atoms with Gasteiger partial charge in [0.2, 0.25) is 0 Å². The van der Waals surface area contributed by atoms with Gasteiger partial charge in [0.05, 0.1) is 74.7 Å². The Kier molecular flexibility index (Phi) is 9.30. The van der Waals surface area contributed by atoms with Crippen molar-refractivity contribution in [3.8, 4) is 45.8 Å². The Hall–Kier alpha value is -6.68. The first-order chi connectivity index (χ1) is 25.1. The van der Waals surface area contributed by atoms with Crippen molar-refractivity contribution in [2.24, 2.45) is 4.99 Å². The maximum Gasteiger partial charge on any atom is 0.172 e. The number of nitrogens with one attached hydrogen (secondary N) is 2. The van der Waals surface area contributed by atoms with Crippen LogP contribution in [0.25, 0.3) is 28.1 Å². The van der Waals surface area contributed by atoms with E-state index in [1.165, 1.54) is 0 Å². The van der Waals surface area contributed by atoms with E-state index in [1.54, 1.807) is 35.5 Å². The monoisotopic (exact) mass is 679 g/mol. The molecule has 1 aliphatic carbocycles. The molecule has 0 bridgehead atoms. The van der Waals surface area contributed by atoms with Gasteiger partial charge < -0.3 is 38.9 Å². The van der Waals surface area contributed by atoms with Crippen LogP contribution in [0.5, 0.6) is 28.7 Å². The third-order valence-electron chi connectivity index (χ3n) is 8.51. The number of hydrogen-bond acceptors (Lipinski definition) is 9. The van der Waals surface area contributed by atoms with Crippen molar-refractivity contribution >= 4 is 39.5 Å². The van der Waals surface area contributed by atoms with Crippen LogP contribution in [0.2, 0.25) is 0 Å². The molecular formula is C41H37N5O5. The van der Waals surface area contributed by atoms with Crippen molar-refractivity contribution in [2.75, 3.05) is 46.2 Å². The number of hydrogen-bond donors (Lipinski definition) is 2. The molecule has 1 aliphatic heterocycles. The third-order valence-corrected chi connectivity index (χ3v) is 8.51. The van der Waals surface area contributed by atoms with E-state index in [4.69, 9.17) is 33.7 Å². The van der Waals surface area contributed by atoms with E-state index >= 15 is 0 Å². The van der Waals surface area contributed by atoms with Crippen molar-refractivity contribution in [3.05, 3.63) is 127 Å². The number of benzene rings is 6. The zero-order chi connectivity index (χ0) is 35.3. The first kappa shape index (κ1) is 32.8. The van der Waals surface area contributed by atoms with E-state index in [0.717, 1.165) is 45.2 Å². The van der Waals surface area contributed by atoms with Gasteiger partial charge in [0.1, 0.15) is 40.1 Å². The molecule has 7 rings (SSSR count). The van der Waals surface area contributed by atoms with Crippen LogP contribution in [-0.4, -0.2) is 45.1 Å². The Morgan fingerprint density at radius 1 is 0.569 bits per heavy atom. The summed E-state index contributed by atoms with van der Waals surface area (Å²) < 4.78 is 31.3. The SMILES string of the molecule is COc1ccccc1N=c1cc2n(-c3ccccc3OC)c3cc(Nc4ccccc4OC)ccc3nc-2c(OC)c1Nc1ccccc1OC. The maximum atomic E-state index is 6.24. The Morgan fingerprint density at radius 3 is 1.82 bits per heavy atom. The molecule has 0 aromatic heterocycles. The molecule has 0 fully saturated rings. The first-order valence-corrected chi connectivity index (χ1v) is 16.3. The minimum Gasteiger partial charge on any atom is -0.495 e. The number of rotatable bonds is 11. The minimum absolute atomic E-state index is 0.494. The molecule has 2 aliphatic rings. The fraction of sp³-hybridized carbons (Fsp3) is 0.122. The molecule has 0 amide bonds. The number of aromatic nitrogens is 2. The van der Waals surface area contributed by atoms with Gasteiger partial charge in [0.25, 0.3) is 0 Å². The number of methoxy groups -OCH3 is 5. The van der Waals surface area contributed by atoms with Gasteiger partial charge in [-0.15, -0.1) is 0 Å². The Morgan fingerprint density at radius 2 is 1.16 bits per heavy atom. The fourth-order valence-corrected chi connectivity index (χ4v) is 6.14. The van der Waals surface area contributed by atoms with E-state index in [9.17, 15) is 0 Å². The highest BCUT2D eigenvalue weighted by Gasteiger charge is 2.25. The lowest BCUT2D eigenvalue weighted by Crippen LogP contribution is -2.17. The average Bonchev–Trinajstić information content (AvgIpc) is 3.18. The lowest BCUT2D eigenvalue weighted by atomic mass is 10.1. The summed E-state index contributed by atoms with van der Waals surface area (Å²) in [6.45, 7) is 0. The van der Waals surface area contributed by atoms with Crippen LogP contribution in [0.15, 0.2) is 126 Å². The molecule has 256 valence electrons. The van der Waals surface area contributed by atoms with Crippen molar-refractivity contribution in [3.63, 3.8) is 0 Å². The number of anilines is 4. The predicted molar refractivity (Wildman–Crippen MR) is 202 cm³/mol. The maximum absolute atomic E-state index is 6.24. The standard InChI is InChI=1S/C41H37N5O5/c1-47-35-18-10-6-14-28(35)42-26-22-23-27-33(24-26)46(32-17-9-13-21-38(32)50-4)34-25-31(43-29-15-7-11-19-36(29)48-2)39(41(51-5)40(34)44-27)45-30-16-8-12-20-37(30)49-3/h6-25,42,45H,1-5H3. The molecule has 0 radical (unpaired) electrons. The van der Waals surface area contributed by atoms with Gasteiger partial charge in [0.15, 0.2) is 5.75 Å². The summed E-state index contributed by atoms with van der Waals surface area (Å²) in [7, 11) is 8.22. The largest absolute Gasteiger partial charge is 0.495 e. The zero-order valence-corrected chi connectivity index (χ0v) is 28.9. The molecule has 2 N–H and O–H groups in total. The van der Waals surface area contributed by atoms with Crippen molar-refractivity contribution in [1.82, 2.24) is 9.55 Å². The fourth-order valence-electron chi connectivity index (χ4n) is 6.14. The van der Waals surface area contributed by atoms with Gasteiger partial charge in [-0.05, 0) is 72.8 Å². The molecule has 10 nitrogen and oxygen atoms in total. The summed E-state index contributed by atoms with van der Waals surface area (Å²) >= 11 is 0. The zero-order valence-electron chi connectivity index (χ0n) is 28.9. The van der Waals surface area contributed by atoms with E-state index in [2.05, 4.69) is 21.3 Å². The Bertz CT molecular complexity index is 2390. The predicted octanol–water partition coefficient (Wildman–Crippen LogP) is 8.89. The summed E-state index contributed by atoms with van der Waals surface area (Å²) in [4.78, 5) is 10.4. The second kappa shape index (κ2) is 14.4. The number of para-hydroxylation sites is 8. The molecule has 0 spiro atoms. The number of fused-ring (bicyclic) bond motifs is 2. The van der Waals surface area contributed by atoms with Crippen molar-refractivity contribution < 1.29 is 23.7 Å². The van der Waals surface area contributed by atoms with Gasteiger partial charge in [-0.3, -0.25) is 0 Å². The highest BCUT2D eigenvalue weighted by Crippen LogP contribution is 2.42. The van der Waals surface area contributed by atoms with Gasteiger partial charge in [-0.25, -0.2) is 9.98 Å². The summed E-state index contributed by atoms with van der Waals surface area (Å²) in [5.74, 6) is 3.19. The van der Waals surface area contributed by atoms with Gasteiger partial charge in [0, 0.05) is 5.69 Å². The second-order valence-corrected chi connectivity index (χ2v) is 11.4. The quantitative estimate of drug-likeness (QED) is 0.131.